The summed E-state index contributed by atoms with van der Waals surface area (Å²) in [6.07, 6.45) is 2.15. The van der Waals surface area contributed by atoms with Crippen molar-refractivity contribution in [2.24, 2.45) is 0 Å². The van der Waals surface area contributed by atoms with Crippen molar-refractivity contribution in [2.45, 2.75) is 19.5 Å². The van der Waals surface area contributed by atoms with Gasteiger partial charge in [0.15, 0.2) is 0 Å². The molecule has 162 valence electrons. The molecule has 0 saturated carbocycles. The van der Waals surface area contributed by atoms with E-state index in [2.05, 4.69) is 32.6 Å². The van der Waals surface area contributed by atoms with Crippen LogP contribution >= 0.6 is 46.6 Å². The number of ether oxygens (including phenoxy) is 1. The lowest BCUT2D eigenvalue weighted by atomic mass is 10.2. The van der Waals surface area contributed by atoms with Crippen LogP contribution in [-0.4, -0.2) is 34.2 Å². The Morgan fingerprint density at radius 2 is 1.94 bits per heavy atom. The topological polar surface area (TPSA) is 58.6 Å². The molecular weight excluding hydrogens is 557 g/mol. The zero-order valence-corrected chi connectivity index (χ0v) is 19.8. The van der Waals surface area contributed by atoms with Gasteiger partial charge in [-0.2, -0.15) is 8.78 Å². The molecule has 0 unspecified atom stereocenters. The highest BCUT2D eigenvalue weighted by molar-refractivity contribution is 14.1. The molecular formula is C21H17F2IN2O3S2. The zero-order valence-electron chi connectivity index (χ0n) is 16.0. The fourth-order valence-corrected chi connectivity index (χ4v) is 4.45. The van der Waals surface area contributed by atoms with Crippen LogP contribution in [0.25, 0.3) is 6.08 Å². The maximum Gasteiger partial charge on any atom is 0.387 e. The lowest BCUT2D eigenvalue weighted by Crippen LogP contribution is -2.29. The Labute approximate surface area is 201 Å². The van der Waals surface area contributed by atoms with Gasteiger partial charge in [0, 0.05) is 27.8 Å². The van der Waals surface area contributed by atoms with Crippen molar-refractivity contribution in [3.05, 3.63) is 62.6 Å². The first-order valence-corrected chi connectivity index (χ1v) is 11.5. The van der Waals surface area contributed by atoms with Gasteiger partial charge in [0.05, 0.1) is 4.91 Å². The van der Waals surface area contributed by atoms with E-state index in [4.69, 9.17) is 12.2 Å². The van der Waals surface area contributed by atoms with Crippen molar-refractivity contribution >= 4 is 74.5 Å². The molecule has 0 atom stereocenters. The fraction of sp³-hybridized carbons (Fsp3) is 0.190. The summed E-state index contributed by atoms with van der Waals surface area (Å²) in [6, 6.07) is 13.7. The molecule has 3 rings (SSSR count). The van der Waals surface area contributed by atoms with Crippen molar-refractivity contribution in [1.29, 1.82) is 0 Å². The molecule has 1 heterocycles. The van der Waals surface area contributed by atoms with Crippen LogP contribution in [0, 0.1) is 3.57 Å². The number of amides is 2. The first-order chi connectivity index (χ1) is 14.8. The normalized spacial score (nSPS) is 15.1. The van der Waals surface area contributed by atoms with Crippen LogP contribution in [0.3, 0.4) is 0 Å². The van der Waals surface area contributed by atoms with Crippen molar-refractivity contribution in [3.8, 4) is 5.75 Å². The Morgan fingerprint density at radius 3 is 2.65 bits per heavy atom. The molecule has 0 spiro atoms. The quantitative estimate of drug-likeness (QED) is 0.256. The van der Waals surface area contributed by atoms with Gasteiger partial charge in [-0.25, -0.2) is 0 Å². The lowest BCUT2D eigenvalue weighted by Gasteiger charge is -2.14. The minimum atomic E-state index is -2.96. The number of anilines is 1. The van der Waals surface area contributed by atoms with Crippen LogP contribution in [0.5, 0.6) is 5.75 Å². The monoisotopic (exact) mass is 574 g/mol. The molecule has 5 nitrogen and oxygen atoms in total. The number of thioether (sulfide) groups is 1. The summed E-state index contributed by atoms with van der Waals surface area (Å²) in [5.74, 6) is -0.491. The number of nitrogens with one attached hydrogen (secondary N) is 1. The second-order valence-corrected chi connectivity index (χ2v) is 9.33. The Balaban J connectivity index is 1.57. The number of hydrogen-bond donors (Lipinski definition) is 1. The zero-order chi connectivity index (χ0) is 22.4. The number of para-hydroxylation sites is 1. The molecule has 1 aliphatic heterocycles. The molecule has 2 aromatic rings. The number of carbonyl (C=O) groups is 2. The third-order valence-electron chi connectivity index (χ3n) is 4.21. The summed E-state index contributed by atoms with van der Waals surface area (Å²) in [4.78, 5) is 26.6. The van der Waals surface area contributed by atoms with Crippen LogP contribution in [0.2, 0.25) is 0 Å². The molecule has 2 aromatic carbocycles. The molecule has 1 saturated heterocycles. The summed E-state index contributed by atoms with van der Waals surface area (Å²) >= 11 is 8.56. The van der Waals surface area contributed by atoms with E-state index in [1.807, 2.05) is 24.3 Å². The van der Waals surface area contributed by atoms with Gasteiger partial charge in [-0.05, 0) is 65.4 Å². The van der Waals surface area contributed by atoms with Crippen molar-refractivity contribution in [3.63, 3.8) is 0 Å². The van der Waals surface area contributed by atoms with Gasteiger partial charge in [0.2, 0.25) is 5.91 Å². The van der Waals surface area contributed by atoms with E-state index in [0.717, 1.165) is 15.3 Å². The van der Waals surface area contributed by atoms with E-state index < -0.39 is 6.61 Å². The van der Waals surface area contributed by atoms with Crippen molar-refractivity contribution in [1.82, 2.24) is 4.90 Å². The van der Waals surface area contributed by atoms with E-state index in [0.29, 0.717) is 26.9 Å². The molecule has 0 aromatic heterocycles. The minimum absolute atomic E-state index is 0.0185. The van der Waals surface area contributed by atoms with E-state index >= 15 is 0 Å². The summed E-state index contributed by atoms with van der Waals surface area (Å²) in [5.41, 5.74) is 1.07. The number of nitrogens with zero attached hydrogens (tertiary/aromatic N) is 1. The standard InChI is InChI=1S/C21H17F2IN2O3S2/c22-20(23)29-16-5-2-1-4-13(16)12-17-19(28)26(21(30)31-17)11-3-6-18(27)25-15-9-7-14(24)8-10-15/h1-2,4-5,7-10,12,20H,3,6,11H2,(H,25,27)/b17-12+. The Kier molecular flexibility index (Phi) is 8.38. The van der Waals surface area contributed by atoms with Gasteiger partial charge >= 0.3 is 6.61 Å². The summed E-state index contributed by atoms with van der Waals surface area (Å²) in [7, 11) is 0. The number of hydrogen-bond acceptors (Lipinski definition) is 5. The van der Waals surface area contributed by atoms with Gasteiger partial charge in [0.1, 0.15) is 10.1 Å². The lowest BCUT2D eigenvalue weighted by molar-refractivity contribution is -0.122. The molecule has 1 fully saturated rings. The van der Waals surface area contributed by atoms with Crippen LogP contribution in [0.4, 0.5) is 14.5 Å². The molecule has 1 N–H and O–H groups in total. The van der Waals surface area contributed by atoms with E-state index in [1.165, 1.54) is 17.0 Å². The first kappa shape index (κ1) is 23.6. The predicted molar refractivity (Wildman–Crippen MR) is 130 cm³/mol. The SMILES string of the molecule is O=C(CCCN1C(=O)/C(=C\c2ccccc2OC(F)F)SC1=S)Nc1ccc(I)cc1. The summed E-state index contributed by atoms with van der Waals surface area (Å²) in [6.45, 7) is -2.67. The van der Waals surface area contributed by atoms with Crippen molar-refractivity contribution in [2.75, 3.05) is 11.9 Å². The number of alkyl halides is 2. The van der Waals surface area contributed by atoms with Crippen molar-refractivity contribution < 1.29 is 23.1 Å². The van der Waals surface area contributed by atoms with E-state index in [-0.39, 0.29) is 30.5 Å². The smallest absolute Gasteiger partial charge is 0.387 e. The van der Waals surface area contributed by atoms with Crippen LogP contribution < -0.4 is 10.1 Å². The van der Waals surface area contributed by atoms with Gasteiger partial charge in [-0.15, -0.1) is 0 Å². The Morgan fingerprint density at radius 1 is 1.23 bits per heavy atom. The molecule has 31 heavy (non-hydrogen) atoms. The van der Waals surface area contributed by atoms with Crippen LogP contribution in [-0.2, 0) is 9.59 Å². The predicted octanol–water partition coefficient (Wildman–Crippen LogP) is 5.51. The first-order valence-electron chi connectivity index (χ1n) is 9.18. The molecule has 1 aliphatic rings. The number of benzene rings is 2. The van der Waals surface area contributed by atoms with E-state index in [9.17, 15) is 18.4 Å². The summed E-state index contributed by atoms with van der Waals surface area (Å²) < 4.78 is 31.1. The van der Waals surface area contributed by atoms with Gasteiger partial charge in [0.25, 0.3) is 5.91 Å². The van der Waals surface area contributed by atoms with Crippen LogP contribution in [0.15, 0.2) is 53.4 Å². The molecule has 10 heteroatoms. The molecule has 0 aliphatic carbocycles. The number of rotatable bonds is 8. The maximum absolute atomic E-state index is 12.7. The van der Waals surface area contributed by atoms with Crippen LogP contribution in [0.1, 0.15) is 18.4 Å². The van der Waals surface area contributed by atoms with Gasteiger partial charge in [-0.3, -0.25) is 14.5 Å². The third-order valence-corrected chi connectivity index (χ3v) is 6.31. The number of thiocarbonyl (C=S) groups is 1. The fourth-order valence-electron chi connectivity index (χ4n) is 2.79. The highest BCUT2D eigenvalue weighted by Crippen LogP contribution is 2.34. The number of carbonyl (C=O) groups excluding carboxylic acids is 2. The third kappa shape index (κ3) is 6.71. The second kappa shape index (κ2) is 11.0. The maximum atomic E-state index is 12.7. The average molecular weight is 574 g/mol. The molecule has 0 bridgehead atoms. The highest BCUT2D eigenvalue weighted by atomic mass is 127. The minimum Gasteiger partial charge on any atom is -0.434 e. The average Bonchev–Trinajstić information content (AvgIpc) is 2.98. The summed E-state index contributed by atoms with van der Waals surface area (Å²) in [5, 5.41) is 2.81. The second-order valence-electron chi connectivity index (χ2n) is 6.41. The van der Waals surface area contributed by atoms with Gasteiger partial charge in [-0.1, -0.05) is 42.2 Å². The largest absolute Gasteiger partial charge is 0.434 e. The highest BCUT2D eigenvalue weighted by Gasteiger charge is 2.32. The number of halogens is 3. The molecule has 2 amide bonds. The Hall–Kier alpha value is -2.05. The Bertz CT molecular complexity index is 1020. The molecule has 0 radical (unpaired) electrons. The van der Waals surface area contributed by atoms with E-state index in [1.54, 1.807) is 18.2 Å². The van der Waals surface area contributed by atoms with Gasteiger partial charge < -0.3 is 10.1 Å².